The molecule has 1 rings (SSSR count). The summed E-state index contributed by atoms with van der Waals surface area (Å²) < 4.78 is 10.5. The van der Waals surface area contributed by atoms with E-state index in [9.17, 15) is 14.9 Å². The van der Waals surface area contributed by atoms with E-state index in [-0.39, 0.29) is 29.4 Å². The number of hydrogen-bond donors (Lipinski definition) is 0. The SMILES string of the molecule is C=CCOc1c(C=O)cc([N+](=O)[O-])cc1OCC. The molecule has 1 aromatic rings. The van der Waals surface area contributed by atoms with Crippen molar-refractivity contribution in [2.45, 2.75) is 6.92 Å². The lowest BCUT2D eigenvalue weighted by molar-refractivity contribution is -0.385. The number of benzene rings is 1. The van der Waals surface area contributed by atoms with E-state index in [0.717, 1.165) is 6.07 Å². The number of aldehydes is 1. The molecule has 0 atom stereocenters. The van der Waals surface area contributed by atoms with E-state index in [1.165, 1.54) is 12.1 Å². The third-order valence-corrected chi connectivity index (χ3v) is 2.05. The maximum absolute atomic E-state index is 10.9. The smallest absolute Gasteiger partial charge is 0.274 e. The monoisotopic (exact) mass is 251 g/mol. The molecule has 0 saturated carbocycles. The summed E-state index contributed by atoms with van der Waals surface area (Å²) >= 11 is 0. The van der Waals surface area contributed by atoms with Gasteiger partial charge in [-0.2, -0.15) is 0 Å². The average molecular weight is 251 g/mol. The molecule has 0 heterocycles. The van der Waals surface area contributed by atoms with Crippen molar-refractivity contribution in [1.29, 1.82) is 0 Å². The summed E-state index contributed by atoms with van der Waals surface area (Å²) in [5.74, 6) is 0.369. The van der Waals surface area contributed by atoms with Crippen LogP contribution in [0.5, 0.6) is 11.5 Å². The van der Waals surface area contributed by atoms with Crippen molar-refractivity contribution in [3.63, 3.8) is 0 Å². The summed E-state index contributed by atoms with van der Waals surface area (Å²) in [5.41, 5.74) is -0.138. The van der Waals surface area contributed by atoms with Gasteiger partial charge in [0.1, 0.15) is 6.61 Å². The number of carbonyl (C=O) groups is 1. The Labute approximate surface area is 104 Å². The molecule has 0 spiro atoms. The van der Waals surface area contributed by atoms with Crippen molar-refractivity contribution in [2.75, 3.05) is 13.2 Å². The Balaban J connectivity index is 3.30. The molecule has 0 saturated heterocycles. The van der Waals surface area contributed by atoms with Gasteiger partial charge in [0, 0.05) is 6.07 Å². The molecule has 6 heteroatoms. The predicted octanol–water partition coefficient (Wildman–Crippen LogP) is 2.37. The number of hydrogen-bond acceptors (Lipinski definition) is 5. The number of nitrogens with zero attached hydrogens (tertiary/aromatic N) is 1. The van der Waals surface area contributed by atoms with Crippen LogP contribution in [0.25, 0.3) is 0 Å². The van der Waals surface area contributed by atoms with Crippen molar-refractivity contribution in [3.05, 3.63) is 40.5 Å². The molecule has 18 heavy (non-hydrogen) atoms. The molecule has 1 aromatic carbocycles. The van der Waals surface area contributed by atoms with Crippen LogP contribution in [0.2, 0.25) is 0 Å². The first-order chi connectivity index (χ1) is 8.63. The highest BCUT2D eigenvalue weighted by Gasteiger charge is 2.18. The van der Waals surface area contributed by atoms with E-state index in [1.807, 2.05) is 0 Å². The lowest BCUT2D eigenvalue weighted by atomic mass is 10.1. The molecule has 0 aliphatic carbocycles. The highest BCUT2D eigenvalue weighted by atomic mass is 16.6. The summed E-state index contributed by atoms with van der Waals surface area (Å²) in [6.45, 7) is 5.71. The van der Waals surface area contributed by atoms with Gasteiger partial charge >= 0.3 is 0 Å². The van der Waals surface area contributed by atoms with Gasteiger partial charge in [0.2, 0.25) is 0 Å². The average Bonchev–Trinajstić information content (AvgIpc) is 2.36. The van der Waals surface area contributed by atoms with Crippen LogP contribution in [-0.4, -0.2) is 24.4 Å². The molecular weight excluding hydrogens is 238 g/mol. The van der Waals surface area contributed by atoms with E-state index in [0.29, 0.717) is 12.9 Å². The fourth-order valence-corrected chi connectivity index (χ4v) is 1.36. The minimum atomic E-state index is -0.590. The summed E-state index contributed by atoms with van der Waals surface area (Å²) in [6.07, 6.45) is 2.00. The van der Waals surface area contributed by atoms with Crippen LogP contribution in [0.15, 0.2) is 24.8 Å². The van der Waals surface area contributed by atoms with Crippen molar-refractivity contribution >= 4 is 12.0 Å². The van der Waals surface area contributed by atoms with E-state index in [2.05, 4.69) is 6.58 Å². The van der Waals surface area contributed by atoms with Gasteiger partial charge in [0.05, 0.1) is 23.2 Å². The number of carbonyl (C=O) groups excluding carboxylic acids is 1. The second kappa shape index (κ2) is 6.39. The van der Waals surface area contributed by atoms with Crippen molar-refractivity contribution < 1.29 is 19.2 Å². The molecule has 0 aromatic heterocycles. The van der Waals surface area contributed by atoms with Crippen molar-refractivity contribution in [3.8, 4) is 11.5 Å². The van der Waals surface area contributed by atoms with Gasteiger partial charge in [0.15, 0.2) is 17.8 Å². The van der Waals surface area contributed by atoms with Gasteiger partial charge < -0.3 is 9.47 Å². The van der Waals surface area contributed by atoms with Gasteiger partial charge in [-0.1, -0.05) is 12.7 Å². The van der Waals surface area contributed by atoms with E-state index in [1.54, 1.807) is 6.92 Å². The van der Waals surface area contributed by atoms with Crippen LogP contribution in [0.4, 0.5) is 5.69 Å². The number of nitro benzene ring substituents is 1. The van der Waals surface area contributed by atoms with E-state index >= 15 is 0 Å². The van der Waals surface area contributed by atoms with Gasteiger partial charge in [-0.3, -0.25) is 14.9 Å². The second-order valence-electron chi connectivity index (χ2n) is 3.27. The maximum Gasteiger partial charge on any atom is 0.274 e. The minimum Gasteiger partial charge on any atom is -0.490 e. The van der Waals surface area contributed by atoms with E-state index < -0.39 is 4.92 Å². The minimum absolute atomic E-state index is 0.0782. The Morgan fingerprint density at radius 2 is 2.17 bits per heavy atom. The fourth-order valence-electron chi connectivity index (χ4n) is 1.36. The Kier molecular flexibility index (Phi) is 4.86. The van der Waals surface area contributed by atoms with Gasteiger partial charge in [-0.05, 0) is 6.92 Å². The number of rotatable bonds is 7. The summed E-state index contributed by atoms with van der Waals surface area (Å²) in [5, 5.41) is 10.7. The number of ether oxygens (including phenoxy) is 2. The third-order valence-electron chi connectivity index (χ3n) is 2.05. The van der Waals surface area contributed by atoms with Crippen molar-refractivity contribution in [2.24, 2.45) is 0 Å². The Morgan fingerprint density at radius 3 is 2.67 bits per heavy atom. The Morgan fingerprint density at radius 1 is 1.44 bits per heavy atom. The first-order valence-corrected chi connectivity index (χ1v) is 5.28. The summed E-state index contributed by atoms with van der Waals surface area (Å²) in [4.78, 5) is 21.1. The zero-order chi connectivity index (χ0) is 13.5. The molecule has 0 aliphatic rings. The van der Waals surface area contributed by atoms with Crippen LogP contribution in [0.1, 0.15) is 17.3 Å². The molecule has 6 nitrogen and oxygen atoms in total. The van der Waals surface area contributed by atoms with Gasteiger partial charge in [-0.15, -0.1) is 0 Å². The Hall–Kier alpha value is -2.37. The van der Waals surface area contributed by atoms with Crippen LogP contribution in [0.3, 0.4) is 0 Å². The quantitative estimate of drug-likeness (QED) is 0.321. The number of non-ortho nitro benzene ring substituents is 1. The highest BCUT2D eigenvalue weighted by Crippen LogP contribution is 2.35. The maximum atomic E-state index is 10.9. The van der Waals surface area contributed by atoms with Crippen LogP contribution in [-0.2, 0) is 0 Å². The molecule has 0 aliphatic heterocycles. The number of nitro groups is 1. The third kappa shape index (κ3) is 3.07. The first-order valence-electron chi connectivity index (χ1n) is 5.28. The lowest BCUT2D eigenvalue weighted by Crippen LogP contribution is -2.03. The lowest BCUT2D eigenvalue weighted by Gasteiger charge is -2.12. The van der Waals surface area contributed by atoms with E-state index in [4.69, 9.17) is 9.47 Å². The summed E-state index contributed by atoms with van der Waals surface area (Å²) in [7, 11) is 0. The molecule has 0 amide bonds. The van der Waals surface area contributed by atoms with Gasteiger partial charge in [-0.25, -0.2) is 0 Å². The highest BCUT2D eigenvalue weighted by molar-refractivity contribution is 5.83. The van der Waals surface area contributed by atoms with Gasteiger partial charge in [0.25, 0.3) is 5.69 Å². The molecule has 96 valence electrons. The normalized spacial score (nSPS) is 9.61. The summed E-state index contributed by atoms with van der Waals surface area (Å²) in [6, 6.07) is 2.38. The molecule has 0 radical (unpaired) electrons. The second-order valence-corrected chi connectivity index (χ2v) is 3.27. The molecule has 0 fully saturated rings. The molecular formula is C12H13NO5. The molecule has 0 N–H and O–H groups in total. The zero-order valence-corrected chi connectivity index (χ0v) is 9.92. The van der Waals surface area contributed by atoms with Crippen LogP contribution in [0, 0.1) is 10.1 Å². The van der Waals surface area contributed by atoms with Crippen LogP contribution < -0.4 is 9.47 Å². The topological polar surface area (TPSA) is 78.7 Å². The molecule has 0 unspecified atom stereocenters. The predicted molar refractivity (Wildman–Crippen MR) is 65.3 cm³/mol. The molecule has 0 bridgehead atoms. The largest absolute Gasteiger partial charge is 0.490 e. The zero-order valence-electron chi connectivity index (χ0n) is 9.92. The van der Waals surface area contributed by atoms with Crippen molar-refractivity contribution in [1.82, 2.24) is 0 Å². The Bertz CT molecular complexity index is 470. The first kappa shape index (κ1) is 13.7. The van der Waals surface area contributed by atoms with Crippen LogP contribution >= 0.6 is 0 Å². The standard InChI is InChI=1S/C12H13NO5/c1-3-5-18-12-9(8-14)6-10(13(15)16)7-11(12)17-4-2/h3,6-8H,1,4-5H2,2H3. The fraction of sp³-hybridized carbons (Fsp3) is 0.250.